The third-order valence-electron chi connectivity index (χ3n) is 5.38. The Morgan fingerprint density at radius 3 is 2.64 bits per heavy atom. The Morgan fingerprint density at radius 1 is 1.18 bits per heavy atom. The summed E-state index contributed by atoms with van der Waals surface area (Å²) < 4.78 is 0. The molecule has 3 aromatic rings. The molecule has 1 aromatic heterocycles. The number of aromatic nitrogens is 2. The van der Waals surface area contributed by atoms with Crippen LogP contribution in [-0.4, -0.2) is 47.7 Å². The number of nitrogens with one attached hydrogen (secondary N) is 2. The van der Waals surface area contributed by atoms with Gasteiger partial charge in [-0.1, -0.05) is 42.8 Å². The Bertz CT molecular complexity index is 914. The largest absolute Gasteiger partial charge is 0.355 e. The molecule has 0 bridgehead atoms. The fourth-order valence-electron chi connectivity index (χ4n) is 3.42. The van der Waals surface area contributed by atoms with E-state index in [1.54, 1.807) is 0 Å². The van der Waals surface area contributed by atoms with Crippen LogP contribution >= 0.6 is 0 Å². The van der Waals surface area contributed by atoms with E-state index in [0.717, 1.165) is 17.3 Å². The van der Waals surface area contributed by atoms with Gasteiger partial charge in [-0.25, -0.2) is 0 Å². The van der Waals surface area contributed by atoms with E-state index in [1.165, 1.54) is 16.7 Å². The molecule has 3 rings (SSSR count). The van der Waals surface area contributed by atoms with Crippen LogP contribution in [0.2, 0.25) is 0 Å². The highest BCUT2D eigenvalue weighted by molar-refractivity contribution is 5.78. The minimum Gasteiger partial charge on any atom is -0.355 e. The summed E-state index contributed by atoms with van der Waals surface area (Å²) in [7, 11) is 4.12. The van der Waals surface area contributed by atoms with Gasteiger partial charge in [0.15, 0.2) is 0 Å². The van der Waals surface area contributed by atoms with Gasteiger partial charge >= 0.3 is 0 Å². The number of nitrogens with zero attached hydrogens (tertiary/aromatic N) is 2. The lowest BCUT2D eigenvalue weighted by Crippen LogP contribution is -2.41. The molecule has 0 radical (unpaired) electrons. The first-order valence-electron chi connectivity index (χ1n) is 9.84. The first-order valence-corrected chi connectivity index (χ1v) is 9.84. The third-order valence-corrected chi connectivity index (χ3v) is 5.38. The zero-order valence-corrected chi connectivity index (χ0v) is 17.2. The molecule has 5 nitrogen and oxygen atoms in total. The molecule has 0 spiro atoms. The summed E-state index contributed by atoms with van der Waals surface area (Å²) in [6.45, 7) is 4.82. The van der Waals surface area contributed by atoms with Crippen LogP contribution in [0.3, 0.4) is 0 Å². The fraction of sp³-hybridized carbons (Fsp3) is 0.391. The minimum absolute atomic E-state index is 0.102. The van der Waals surface area contributed by atoms with Crippen LogP contribution in [0.15, 0.2) is 48.7 Å². The molecule has 2 aromatic carbocycles. The van der Waals surface area contributed by atoms with Crippen molar-refractivity contribution in [3.63, 3.8) is 0 Å². The van der Waals surface area contributed by atoms with Crippen molar-refractivity contribution in [1.82, 2.24) is 20.4 Å². The molecule has 28 heavy (non-hydrogen) atoms. The van der Waals surface area contributed by atoms with E-state index in [-0.39, 0.29) is 17.9 Å². The molecule has 0 aliphatic carbocycles. The van der Waals surface area contributed by atoms with E-state index in [0.29, 0.717) is 13.0 Å². The van der Waals surface area contributed by atoms with Gasteiger partial charge in [-0.15, -0.1) is 0 Å². The average molecular weight is 379 g/mol. The van der Waals surface area contributed by atoms with E-state index in [9.17, 15) is 4.79 Å². The second kappa shape index (κ2) is 9.02. The van der Waals surface area contributed by atoms with Gasteiger partial charge in [0.25, 0.3) is 0 Å². The summed E-state index contributed by atoms with van der Waals surface area (Å²) >= 11 is 0. The first-order chi connectivity index (χ1) is 13.4. The molecular formula is C23H30N4O. The number of hydrogen-bond acceptors (Lipinski definition) is 3. The van der Waals surface area contributed by atoms with Gasteiger partial charge in [-0.05, 0) is 56.6 Å². The lowest BCUT2D eigenvalue weighted by atomic mass is 9.96. The SMILES string of the molecule is Cc1ccc([C@@H](C)CC(=O)NC[C@H](Cc2ccc3[nH]ncc3c2)N(C)C)cc1. The standard InChI is InChI=1S/C23H30N4O/c1-16-5-8-19(9-6-16)17(2)11-23(28)24-15-21(27(3)4)13-18-7-10-22-20(12-18)14-25-26-22/h5-10,12,14,17,21H,11,13,15H2,1-4H3,(H,24,28)(H,25,26)/t17-,21-/m0/s1. The van der Waals surface area contributed by atoms with Gasteiger partial charge in [-0.3, -0.25) is 9.89 Å². The van der Waals surface area contributed by atoms with Crippen LogP contribution in [-0.2, 0) is 11.2 Å². The predicted molar refractivity (Wildman–Crippen MR) is 114 cm³/mol. The smallest absolute Gasteiger partial charge is 0.220 e. The van der Waals surface area contributed by atoms with Crippen LogP contribution in [0.4, 0.5) is 0 Å². The number of fused-ring (bicyclic) bond motifs is 1. The molecule has 0 aliphatic rings. The van der Waals surface area contributed by atoms with Crippen molar-refractivity contribution in [1.29, 1.82) is 0 Å². The van der Waals surface area contributed by atoms with Crippen molar-refractivity contribution in [2.24, 2.45) is 0 Å². The van der Waals surface area contributed by atoms with Crippen molar-refractivity contribution in [3.05, 3.63) is 65.4 Å². The average Bonchev–Trinajstić information content (AvgIpc) is 3.13. The highest BCUT2D eigenvalue weighted by Crippen LogP contribution is 2.19. The number of carbonyl (C=O) groups is 1. The third kappa shape index (κ3) is 5.20. The maximum Gasteiger partial charge on any atom is 0.220 e. The molecule has 2 atom stereocenters. The Morgan fingerprint density at radius 2 is 1.93 bits per heavy atom. The highest BCUT2D eigenvalue weighted by atomic mass is 16.1. The van der Waals surface area contributed by atoms with E-state index < -0.39 is 0 Å². The number of aryl methyl sites for hydroxylation is 1. The van der Waals surface area contributed by atoms with E-state index in [1.807, 2.05) is 6.20 Å². The van der Waals surface area contributed by atoms with Gasteiger partial charge in [0.1, 0.15) is 0 Å². The summed E-state index contributed by atoms with van der Waals surface area (Å²) in [5.74, 6) is 0.312. The summed E-state index contributed by atoms with van der Waals surface area (Å²) in [4.78, 5) is 14.6. The summed E-state index contributed by atoms with van der Waals surface area (Å²) in [5, 5.41) is 11.3. The van der Waals surface area contributed by atoms with Gasteiger partial charge in [0.05, 0.1) is 11.7 Å². The number of hydrogen-bond donors (Lipinski definition) is 2. The van der Waals surface area contributed by atoms with Crippen LogP contribution in [0.5, 0.6) is 0 Å². The number of benzene rings is 2. The molecule has 1 heterocycles. The molecule has 0 saturated heterocycles. The fourth-order valence-corrected chi connectivity index (χ4v) is 3.42. The van der Waals surface area contributed by atoms with Crippen LogP contribution in [0.1, 0.15) is 36.0 Å². The van der Waals surface area contributed by atoms with Gasteiger partial charge in [0.2, 0.25) is 5.91 Å². The number of carbonyl (C=O) groups excluding carboxylic acids is 1. The molecule has 0 unspecified atom stereocenters. The minimum atomic E-state index is 0.102. The van der Waals surface area contributed by atoms with Crippen molar-refractivity contribution in [2.45, 2.75) is 38.6 Å². The van der Waals surface area contributed by atoms with Crippen molar-refractivity contribution in [3.8, 4) is 0 Å². The predicted octanol–water partition coefficient (Wildman–Crippen LogP) is 3.65. The van der Waals surface area contributed by atoms with Crippen molar-refractivity contribution >= 4 is 16.8 Å². The molecule has 148 valence electrons. The molecule has 2 N–H and O–H groups in total. The quantitative estimate of drug-likeness (QED) is 0.629. The van der Waals surface area contributed by atoms with E-state index in [2.05, 4.69) is 90.8 Å². The maximum absolute atomic E-state index is 12.5. The maximum atomic E-state index is 12.5. The zero-order valence-electron chi connectivity index (χ0n) is 17.2. The number of aromatic amines is 1. The molecular weight excluding hydrogens is 348 g/mol. The van der Waals surface area contributed by atoms with Crippen LogP contribution in [0, 0.1) is 6.92 Å². The number of rotatable bonds is 8. The molecule has 5 heteroatoms. The summed E-state index contributed by atoms with van der Waals surface area (Å²) in [5.41, 5.74) is 4.74. The zero-order chi connectivity index (χ0) is 20.1. The topological polar surface area (TPSA) is 61.0 Å². The van der Waals surface area contributed by atoms with E-state index in [4.69, 9.17) is 0 Å². The molecule has 0 fully saturated rings. The van der Waals surface area contributed by atoms with Crippen molar-refractivity contribution < 1.29 is 4.79 Å². The Balaban J connectivity index is 1.55. The molecule has 1 amide bonds. The molecule has 0 aliphatic heterocycles. The van der Waals surface area contributed by atoms with E-state index >= 15 is 0 Å². The van der Waals surface area contributed by atoms with Gasteiger partial charge < -0.3 is 10.2 Å². The first kappa shape index (κ1) is 20.1. The number of likely N-dealkylation sites (N-methyl/N-ethyl adjacent to an activating group) is 1. The van der Waals surface area contributed by atoms with Crippen molar-refractivity contribution in [2.75, 3.05) is 20.6 Å². The van der Waals surface area contributed by atoms with Crippen LogP contribution in [0.25, 0.3) is 10.9 Å². The Labute approximate surface area is 167 Å². The number of amides is 1. The number of H-pyrrole nitrogens is 1. The molecule has 0 saturated carbocycles. The van der Waals surface area contributed by atoms with Crippen LogP contribution < -0.4 is 5.32 Å². The second-order valence-corrected chi connectivity index (χ2v) is 7.93. The second-order valence-electron chi connectivity index (χ2n) is 7.93. The van der Waals surface area contributed by atoms with Gasteiger partial charge in [0, 0.05) is 24.4 Å². The lowest BCUT2D eigenvalue weighted by molar-refractivity contribution is -0.121. The summed E-state index contributed by atoms with van der Waals surface area (Å²) in [6, 6.07) is 15.0. The Hall–Kier alpha value is -2.66. The Kier molecular flexibility index (Phi) is 6.47. The highest BCUT2D eigenvalue weighted by Gasteiger charge is 2.16. The normalized spacial score (nSPS) is 13.6. The van der Waals surface area contributed by atoms with Gasteiger partial charge in [-0.2, -0.15) is 5.10 Å². The summed E-state index contributed by atoms with van der Waals surface area (Å²) in [6.07, 6.45) is 3.23. The monoisotopic (exact) mass is 378 g/mol. The lowest BCUT2D eigenvalue weighted by Gasteiger charge is -2.25.